The van der Waals surface area contributed by atoms with Gasteiger partial charge in [-0.3, -0.25) is 0 Å². The topological polar surface area (TPSA) is 125 Å². The number of carbonyl (C=O) groups excluding carboxylic acids is 3. The van der Waals surface area contributed by atoms with E-state index in [1.165, 1.54) is 0 Å². The van der Waals surface area contributed by atoms with Gasteiger partial charge in [0.05, 0.1) is 18.6 Å². The number of esters is 3. The molecule has 118 heavy (non-hydrogen) atoms. The standard InChI is InChI=1S/C74H49F33O11/c1-4-52(108)116-48-26-14-42(15-27-48)63(68(87,88)89,69(90,91)92)39-8-20-45(21-9-39)112-36-62(37-113-46-22-10-40(11-23-46)64(70(93,94)95,71(96,97)98)43-16-28-49(29-17-43)117-53(109)5-2,38-114-47-24-12-41(13-25-47)65(72(99,100)101,73(102,103)104)44-18-30-50(31-19-44)118-54(110)6-3)35-111-32-7-33-115-66(84,67(85,86)74(105,106)107)61(83)60(82)59(81)58(80)57(79)56(78)55(77)51(76)34-75/h4-6,8-31H,1-3,7,32-38H2/b55-51+,57-56+,59-58+,61-60+. The molecule has 0 aromatic heterocycles. The first-order valence-electron chi connectivity index (χ1n) is 32.0. The van der Waals surface area contributed by atoms with Crippen LogP contribution in [-0.2, 0) is 40.1 Å². The minimum absolute atomic E-state index is 0.115. The number of ether oxygens (including phenoxy) is 8. The highest BCUT2D eigenvalue weighted by molar-refractivity contribution is 5.84. The third kappa shape index (κ3) is 19.7. The third-order valence-corrected chi connectivity index (χ3v) is 16.8. The minimum Gasteiger partial charge on any atom is -0.493 e. The number of hydrogen-bond donors (Lipinski definition) is 0. The summed E-state index contributed by atoms with van der Waals surface area (Å²) in [6.07, 6.45) is -45.9. The number of halogens is 33. The lowest BCUT2D eigenvalue weighted by Gasteiger charge is -2.38. The van der Waals surface area contributed by atoms with E-state index in [4.69, 9.17) is 33.2 Å². The fourth-order valence-corrected chi connectivity index (χ4v) is 11.0. The summed E-state index contributed by atoms with van der Waals surface area (Å²) in [6.45, 7) is -3.17. The van der Waals surface area contributed by atoms with Crippen molar-refractivity contribution < 1.29 is 197 Å². The SMILES string of the molecule is C=CC(=O)Oc1ccc(C(c2ccc(OCC(COCCCOC(F)(/C(F)=C(F)/C(F)=C(F)/C(F)=C(F)/C(F)=C(\F)CF)C(F)(F)C(F)(F)F)(COc3ccc(C(c4ccc(OC(=O)C=C)cc4)(C(F)(F)F)C(F)(F)F)cc3)COc3ccc(C(c4ccc(OC(=O)C=C)cc4)(C(F)(F)F)C(F)(F)F)cc3)cc2)(C(F)(F)F)C(F)(F)F)cc1. The van der Waals surface area contributed by atoms with Crippen molar-refractivity contribution in [2.75, 3.05) is 46.3 Å². The molecule has 44 heteroatoms. The van der Waals surface area contributed by atoms with Gasteiger partial charge in [0.2, 0.25) is 39.6 Å². The van der Waals surface area contributed by atoms with E-state index in [-0.39, 0.29) is 72.8 Å². The molecule has 1 atom stereocenters. The quantitative estimate of drug-likeness (QED) is 0.00957. The monoisotopic (exact) mass is 1740 g/mol. The van der Waals surface area contributed by atoms with Crippen LogP contribution < -0.4 is 28.4 Å². The lowest BCUT2D eigenvalue weighted by atomic mass is 9.73. The van der Waals surface area contributed by atoms with E-state index in [1.807, 2.05) is 0 Å². The number of alkyl halides is 25. The number of hydrogen-bond acceptors (Lipinski definition) is 11. The Bertz CT molecular complexity index is 4270. The van der Waals surface area contributed by atoms with E-state index in [2.05, 4.69) is 24.5 Å². The van der Waals surface area contributed by atoms with Gasteiger partial charge in [-0.05, 0) is 113 Å². The normalized spacial score (nSPS) is 14.6. The molecule has 0 aliphatic rings. The van der Waals surface area contributed by atoms with Crippen molar-refractivity contribution >= 4 is 17.9 Å². The first-order chi connectivity index (χ1) is 54.4. The van der Waals surface area contributed by atoms with Gasteiger partial charge in [0.1, 0.15) is 61.0 Å². The van der Waals surface area contributed by atoms with Crippen molar-refractivity contribution in [1.29, 1.82) is 0 Å². The summed E-state index contributed by atoms with van der Waals surface area (Å²) in [5.41, 5.74) is -27.9. The van der Waals surface area contributed by atoms with Crippen molar-refractivity contribution in [1.82, 2.24) is 0 Å². The molecule has 0 saturated heterocycles. The van der Waals surface area contributed by atoms with Gasteiger partial charge in [-0.25, -0.2) is 53.9 Å². The number of benzene rings is 6. The van der Waals surface area contributed by atoms with Crippen molar-refractivity contribution in [2.24, 2.45) is 5.41 Å². The Morgan fingerprint density at radius 2 is 0.542 bits per heavy atom. The van der Waals surface area contributed by atoms with Crippen LogP contribution >= 0.6 is 0 Å². The van der Waals surface area contributed by atoms with Gasteiger partial charge >= 0.3 is 72.9 Å². The summed E-state index contributed by atoms with van der Waals surface area (Å²) in [4.78, 5) is 35.3. The number of carbonyl (C=O) groups is 3. The van der Waals surface area contributed by atoms with Crippen LogP contribution in [0.1, 0.15) is 39.8 Å². The van der Waals surface area contributed by atoms with Gasteiger partial charge in [-0.1, -0.05) is 92.5 Å². The van der Waals surface area contributed by atoms with E-state index < -0.39 is 262 Å². The zero-order valence-electron chi connectivity index (χ0n) is 58.3. The largest absolute Gasteiger partial charge is 0.493 e. The second kappa shape index (κ2) is 36.4. The molecule has 6 aromatic rings. The molecule has 6 rings (SSSR count). The first-order valence-corrected chi connectivity index (χ1v) is 32.0. The van der Waals surface area contributed by atoms with E-state index in [0.717, 1.165) is 0 Å². The average Bonchev–Trinajstić information content (AvgIpc) is 0.724. The molecule has 0 bridgehead atoms. The van der Waals surface area contributed by atoms with Gasteiger partial charge in [-0.2, -0.15) is 105 Å². The Labute approximate surface area is 641 Å². The second-order valence-corrected chi connectivity index (χ2v) is 24.3. The molecule has 0 aliphatic heterocycles. The van der Waals surface area contributed by atoms with Crippen molar-refractivity contribution in [3.05, 3.63) is 264 Å². The molecule has 0 aliphatic carbocycles. The summed E-state index contributed by atoms with van der Waals surface area (Å²) < 4.78 is 531. The van der Waals surface area contributed by atoms with Crippen LogP contribution in [0.2, 0.25) is 0 Å². The zero-order valence-corrected chi connectivity index (χ0v) is 58.3. The molecule has 0 fully saturated rings. The van der Waals surface area contributed by atoms with E-state index in [0.29, 0.717) is 91.0 Å². The minimum atomic E-state index is -7.56. The van der Waals surface area contributed by atoms with Crippen molar-refractivity contribution in [3.63, 3.8) is 0 Å². The molecule has 0 amide bonds. The third-order valence-electron chi connectivity index (χ3n) is 16.8. The summed E-state index contributed by atoms with van der Waals surface area (Å²) in [7, 11) is 0. The maximum atomic E-state index is 16.0. The highest BCUT2D eigenvalue weighted by Crippen LogP contribution is 2.61. The predicted molar refractivity (Wildman–Crippen MR) is 343 cm³/mol. The Kier molecular flexibility index (Phi) is 29.6. The highest BCUT2D eigenvalue weighted by Gasteiger charge is 2.77. The maximum Gasteiger partial charge on any atom is 0.460 e. The molecule has 6 aromatic carbocycles. The van der Waals surface area contributed by atoms with Gasteiger partial charge in [0, 0.05) is 24.8 Å². The Balaban J connectivity index is 1.55. The van der Waals surface area contributed by atoms with E-state index >= 15 is 92.2 Å². The average molecular weight is 1740 g/mol. The van der Waals surface area contributed by atoms with Gasteiger partial charge in [-0.15, -0.1) is 0 Å². The zero-order chi connectivity index (χ0) is 89.2. The fourth-order valence-electron chi connectivity index (χ4n) is 11.0. The first kappa shape index (κ1) is 95.8. The van der Waals surface area contributed by atoms with Crippen LogP contribution in [0, 0.1) is 5.41 Å². The summed E-state index contributed by atoms with van der Waals surface area (Å²) in [5.74, 6) is -53.7. The molecule has 11 nitrogen and oxygen atoms in total. The molecule has 642 valence electrons. The van der Waals surface area contributed by atoms with Crippen LogP contribution in [-0.4, -0.2) is 119 Å². The predicted octanol–water partition coefficient (Wildman–Crippen LogP) is 22.6. The molecule has 0 radical (unpaired) electrons. The second-order valence-electron chi connectivity index (χ2n) is 24.3. The van der Waals surface area contributed by atoms with Gasteiger partial charge in [0.25, 0.3) is 0 Å². The van der Waals surface area contributed by atoms with Crippen LogP contribution in [0.5, 0.6) is 34.5 Å². The van der Waals surface area contributed by atoms with Crippen molar-refractivity contribution in [3.8, 4) is 34.5 Å². The number of rotatable bonds is 34. The fraction of sp³-hybridized carbons (Fsp3) is 0.284. The van der Waals surface area contributed by atoms with Crippen molar-refractivity contribution in [2.45, 2.75) is 77.7 Å². The molecular weight excluding hydrogens is 1690 g/mol. The number of allylic oxidation sites excluding steroid dienone is 7. The summed E-state index contributed by atoms with van der Waals surface area (Å²) >= 11 is 0. The molecule has 0 heterocycles. The van der Waals surface area contributed by atoms with E-state index in [9.17, 15) is 67.1 Å². The Morgan fingerprint density at radius 3 is 0.771 bits per heavy atom. The Hall–Kier alpha value is -11.1. The Morgan fingerprint density at radius 1 is 0.305 bits per heavy atom. The van der Waals surface area contributed by atoms with Crippen LogP contribution in [0.4, 0.5) is 145 Å². The van der Waals surface area contributed by atoms with Gasteiger partial charge in [0.15, 0.2) is 23.3 Å². The lowest BCUT2D eigenvalue weighted by molar-refractivity contribution is -0.375. The van der Waals surface area contributed by atoms with E-state index in [1.54, 1.807) is 0 Å². The van der Waals surface area contributed by atoms with Crippen LogP contribution in [0.3, 0.4) is 0 Å². The molecular formula is C74H49F33O11. The lowest BCUT2D eigenvalue weighted by Crippen LogP contribution is -2.56. The maximum absolute atomic E-state index is 16.0. The van der Waals surface area contributed by atoms with Crippen LogP contribution in [0.25, 0.3) is 0 Å². The molecule has 1 unspecified atom stereocenters. The highest BCUT2D eigenvalue weighted by atomic mass is 19.4. The summed E-state index contributed by atoms with van der Waals surface area (Å²) in [6, 6.07) is 7.12. The van der Waals surface area contributed by atoms with Crippen LogP contribution in [0.15, 0.2) is 230 Å². The van der Waals surface area contributed by atoms with Gasteiger partial charge < -0.3 is 37.9 Å². The molecule has 0 saturated carbocycles. The molecule has 0 N–H and O–H groups in total. The molecule has 0 spiro atoms. The summed E-state index contributed by atoms with van der Waals surface area (Å²) in [5, 5.41) is 0. The smallest absolute Gasteiger partial charge is 0.460 e.